The van der Waals surface area contributed by atoms with Gasteiger partial charge in [0.2, 0.25) is 5.91 Å². The average molecular weight is 320 g/mol. The first-order valence-corrected chi connectivity index (χ1v) is 9.78. The van der Waals surface area contributed by atoms with E-state index in [4.69, 9.17) is 0 Å². The first kappa shape index (κ1) is 15.9. The van der Waals surface area contributed by atoms with Crippen LogP contribution in [-0.4, -0.2) is 46.2 Å². The molecule has 2 N–H and O–H groups in total. The van der Waals surface area contributed by atoms with Gasteiger partial charge in [-0.3, -0.25) is 9.69 Å². The lowest BCUT2D eigenvalue weighted by Crippen LogP contribution is -2.56. The van der Waals surface area contributed by atoms with Gasteiger partial charge in [0.05, 0.1) is 12.1 Å². The lowest BCUT2D eigenvalue weighted by atomic mass is 9.84. The third-order valence-electron chi connectivity index (χ3n) is 7.40. The predicted molar refractivity (Wildman–Crippen MR) is 89.9 cm³/mol. The number of rotatable bonds is 4. The van der Waals surface area contributed by atoms with Crippen LogP contribution in [0.25, 0.3) is 0 Å². The summed E-state index contributed by atoms with van der Waals surface area (Å²) in [4.78, 5) is 15.2. The monoisotopic (exact) mass is 320 g/mol. The van der Waals surface area contributed by atoms with Gasteiger partial charge in [-0.05, 0) is 76.5 Å². The summed E-state index contributed by atoms with van der Waals surface area (Å²) in [5.74, 6) is 2.69. The number of nitrogens with one attached hydrogen (secondary N) is 1. The van der Waals surface area contributed by atoms with Gasteiger partial charge in [0.25, 0.3) is 0 Å². The van der Waals surface area contributed by atoms with E-state index in [2.05, 4.69) is 24.1 Å². The maximum absolute atomic E-state index is 12.8. The number of hydrogen-bond acceptors (Lipinski definition) is 3. The van der Waals surface area contributed by atoms with Crippen molar-refractivity contribution in [3.63, 3.8) is 0 Å². The van der Waals surface area contributed by atoms with Gasteiger partial charge in [-0.1, -0.05) is 6.42 Å². The molecule has 0 unspecified atom stereocenters. The summed E-state index contributed by atoms with van der Waals surface area (Å²) >= 11 is 0. The van der Waals surface area contributed by atoms with Gasteiger partial charge < -0.3 is 10.4 Å². The minimum absolute atomic E-state index is 0.0546. The van der Waals surface area contributed by atoms with Gasteiger partial charge in [0.15, 0.2) is 0 Å². The summed E-state index contributed by atoms with van der Waals surface area (Å²) in [6.45, 7) is 4.27. The molecular formula is C19H32N2O2. The normalized spacial score (nSPS) is 45.2. The zero-order valence-electron chi connectivity index (χ0n) is 14.6. The first-order valence-electron chi connectivity index (χ1n) is 9.78. The Balaban J connectivity index is 1.35. The molecule has 4 nitrogen and oxygen atoms in total. The van der Waals surface area contributed by atoms with Crippen LogP contribution in [0.5, 0.6) is 0 Å². The van der Waals surface area contributed by atoms with Crippen LogP contribution in [0.3, 0.4) is 0 Å². The highest BCUT2D eigenvalue weighted by Gasteiger charge is 2.45. The summed E-state index contributed by atoms with van der Waals surface area (Å²) in [5, 5.41) is 13.3. The van der Waals surface area contributed by atoms with Gasteiger partial charge in [0, 0.05) is 18.1 Å². The molecule has 0 aromatic carbocycles. The van der Waals surface area contributed by atoms with Crippen molar-refractivity contribution >= 4 is 5.91 Å². The fourth-order valence-corrected chi connectivity index (χ4v) is 6.31. The molecule has 0 radical (unpaired) electrons. The lowest BCUT2D eigenvalue weighted by molar-refractivity contribution is -0.129. The van der Waals surface area contributed by atoms with E-state index in [1.54, 1.807) is 0 Å². The van der Waals surface area contributed by atoms with Crippen molar-refractivity contribution in [1.82, 2.24) is 10.2 Å². The van der Waals surface area contributed by atoms with Gasteiger partial charge >= 0.3 is 0 Å². The molecule has 4 rings (SSSR count). The van der Waals surface area contributed by atoms with Crippen LogP contribution >= 0.6 is 0 Å². The average Bonchev–Trinajstić information content (AvgIpc) is 3.20. The van der Waals surface area contributed by atoms with Gasteiger partial charge in [-0.2, -0.15) is 0 Å². The minimum atomic E-state index is -0.160. The number of piperidine rings is 1. The number of aliphatic hydroxyl groups is 1. The third kappa shape index (κ3) is 2.82. The molecule has 2 aliphatic heterocycles. The Bertz CT molecular complexity index is 454. The van der Waals surface area contributed by atoms with Gasteiger partial charge in [-0.15, -0.1) is 0 Å². The Hall–Kier alpha value is -0.610. The molecule has 4 heteroatoms. The molecule has 0 spiro atoms. The van der Waals surface area contributed by atoms with E-state index in [1.807, 2.05) is 0 Å². The second kappa shape index (κ2) is 6.03. The van der Waals surface area contributed by atoms with Gasteiger partial charge in [-0.25, -0.2) is 0 Å². The second-order valence-corrected chi connectivity index (χ2v) is 8.77. The summed E-state index contributed by atoms with van der Waals surface area (Å²) in [6.07, 6.45) is 9.31. The molecule has 2 heterocycles. The highest BCUT2D eigenvalue weighted by Crippen LogP contribution is 2.49. The molecule has 4 fully saturated rings. The van der Waals surface area contributed by atoms with E-state index in [0.29, 0.717) is 24.0 Å². The fraction of sp³-hybridized carbons (Fsp3) is 0.947. The Morgan fingerprint density at radius 1 is 1.04 bits per heavy atom. The Morgan fingerprint density at radius 2 is 1.74 bits per heavy atom. The molecule has 7 atom stereocenters. The van der Waals surface area contributed by atoms with Crippen LogP contribution in [-0.2, 0) is 4.79 Å². The number of hydrogen-bond donors (Lipinski definition) is 2. The first-order chi connectivity index (χ1) is 11.0. The smallest absolute Gasteiger partial charge is 0.237 e. The van der Waals surface area contributed by atoms with E-state index in [0.717, 1.165) is 37.5 Å². The van der Waals surface area contributed by atoms with Crippen LogP contribution in [0.2, 0.25) is 0 Å². The molecule has 2 saturated carbocycles. The van der Waals surface area contributed by atoms with Crippen LogP contribution in [0.15, 0.2) is 0 Å². The predicted octanol–water partition coefficient (Wildman–Crippen LogP) is 2.30. The molecular weight excluding hydrogens is 288 g/mol. The molecule has 0 aromatic rings. The number of amides is 1. The van der Waals surface area contributed by atoms with E-state index >= 15 is 0 Å². The maximum atomic E-state index is 12.8. The van der Waals surface area contributed by atoms with Crippen LogP contribution in [0.1, 0.15) is 65.2 Å². The van der Waals surface area contributed by atoms with Crippen LogP contribution < -0.4 is 5.32 Å². The SMILES string of the molecule is C[C@H](NC(=O)[C@@H](C)N1[C@H]2CC[C@H]1CC(O)C2)[C@@H]1C[C@H]2CC[C@H]1C2. The maximum Gasteiger partial charge on any atom is 0.237 e. The van der Waals surface area contributed by atoms with Crippen molar-refractivity contribution in [2.24, 2.45) is 17.8 Å². The number of carbonyl (C=O) groups excluding carboxylic acids is 1. The summed E-state index contributed by atoms with van der Waals surface area (Å²) < 4.78 is 0. The van der Waals surface area contributed by atoms with E-state index in [1.165, 1.54) is 25.7 Å². The molecule has 23 heavy (non-hydrogen) atoms. The molecule has 4 bridgehead atoms. The van der Waals surface area contributed by atoms with Crippen molar-refractivity contribution in [2.45, 2.75) is 95.5 Å². The zero-order valence-corrected chi connectivity index (χ0v) is 14.6. The molecule has 2 saturated heterocycles. The molecule has 4 aliphatic rings. The van der Waals surface area contributed by atoms with Crippen molar-refractivity contribution < 1.29 is 9.90 Å². The summed E-state index contributed by atoms with van der Waals surface area (Å²) in [6, 6.07) is 1.07. The van der Waals surface area contributed by atoms with E-state index in [9.17, 15) is 9.90 Å². The minimum Gasteiger partial charge on any atom is -0.393 e. The number of fused-ring (bicyclic) bond motifs is 4. The van der Waals surface area contributed by atoms with E-state index in [-0.39, 0.29) is 18.1 Å². The van der Waals surface area contributed by atoms with Crippen LogP contribution in [0.4, 0.5) is 0 Å². The van der Waals surface area contributed by atoms with Crippen LogP contribution in [0, 0.1) is 17.8 Å². The number of aliphatic hydroxyl groups excluding tert-OH is 1. The Labute approximate surface area is 140 Å². The summed E-state index contributed by atoms with van der Waals surface area (Å²) in [5.41, 5.74) is 0. The molecule has 0 aromatic heterocycles. The second-order valence-electron chi connectivity index (χ2n) is 8.77. The van der Waals surface area contributed by atoms with Crippen molar-refractivity contribution in [3.05, 3.63) is 0 Å². The highest BCUT2D eigenvalue weighted by molar-refractivity contribution is 5.81. The Kier molecular flexibility index (Phi) is 4.17. The quantitative estimate of drug-likeness (QED) is 0.836. The topological polar surface area (TPSA) is 52.6 Å². The van der Waals surface area contributed by atoms with Crippen molar-refractivity contribution in [2.75, 3.05) is 0 Å². The number of carbonyl (C=O) groups is 1. The van der Waals surface area contributed by atoms with Gasteiger partial charge in [0.1, 0.15) is 0 Å². The summed E-state index contributed by atoms with van der Waals surface area (Å²) in [7, 11) is 0. The fourth-order valence-electron chi connectivity index (χ4n) is 6.31. The van der Waals surface area contributed by atoms with Crippen molar-refractivity contribution in [3.8, 4) is 0 Å². The largest absolute Gasteiger partial charge is 0.393 e. The zero-order chi connectivity index (χ0) is 16.1. The van der Waals surface area contributed by atoms with E-state index < -0.39 is 0 Å². The standard InChI is InChI=1S/C19H32N2O2/c1-11(18-8-13-3-4-14(18)7-13)20-19(23)12(2)21-15-5-6-16(21)10-17(22)9-15/h11-18,22H,3-10H2,1-2H3,(H,20,23)/t11-,12+,13-,14-,15-,16-,18-/m0/s1. The highest BCUT2D eigenvalue weighted by atomic mass is 16.3. The number of nitrogens with zero attached hydrogens (tertiary/aromatic N) is 1. The molecule has 130 valence electrons. The molecule has 2 aliphatic carbocycles. The van der Waals surface area contributed by atoms with Crippen molar-refractivity contribution in [1.29, 1.82) is 0 Å². The third-order valence-corrected chi connectivity index (χ3v) is 7.40. The Morgan fingerprint density at radius 3 is 2.30 bits per heavy atom. The lowest BCUT2D eigenvalue weighted by Gasteiger charge is -2.41. The molecule has 1 amide bonds.